The van der Waals surface area contributed by atoms with Crippen LogP contribution in [0.5, 0.6) is 0 Å². The van der Waals surface area contributed by atoms with Crippen LogP contribution in [0, 0.1) is 0 Å². The van der Waals surface area contributed by atoms with E-state index in [0.717, 1.165) is 5.56 Å². The number of carbonyl (C=O) groups is 2. The van der Waals surface area contributed by atoms with Crippen LogP contribution in [0.2, 0.25) is 0 Å². The Morgan fingerprint density at radius 1 is 1.21 bits per heavy atom. The van der Waals surface area contributed by atoms with Crippen molar-refractivity contribution in [2.24, 2.45) is 0 Å². The molecule has 24 heavy (non-hydrogen) atoms. The summed E-state index contributed by atoms with van der Waals surface area (Å²) in [6.45, 7) is 6.18. The van der Waals surface area contributed by atoms with Crippen molar-refractivity contribution >= 4 is 11.8 Å². The minimum atomic E-state index is -0.335. The molecule has 0 unspecified atom stereocenters. The van der Waals surface area contributed by atoms with E-state index in [0.29, 0.717) is 6.54 Å². The fraction of sp³-hybridized carbons (Fsp3) is 0.412. The van der Waals surface area contributed by atoms with Gasteiger partial charge in [0.25, 0.3) is 5.91 Å². The zero-order valence-corrected chi connectivity index (χ0v) is 14.5. The van der Waals surface area contributed by atoms with Gasteiger partial charge in [0.15, 0.2) is 5.69 Å². The Balaban J connectivity index is 1.96. The van der Waals surface area contributed by atoms with Crippen LogP contribution < -0.4 is 5.32 Å². The Bertz CT molecular complexity index is 703. The number of benzene rings is 1. The van der Waals surface area contributed by atoms with E-state index in [-0.39, 0.29) is 29.6 Å². The van der Waals surface area contributed by atoms with Gasteiger partial charge in [-0.1, -0.05) is 35.5 Å². The molecule has 0 aliphatic carbocycles. The largest absolute Gasteiger partial charge is 0.350 e. The van der Waals surface area contributed by atoms with Crippen LogP contribution in [0.4, 0.5) is 0 Å². The highest BCUT2D eigenvalue weighted by Gasteiger charge is 2.20. The summed E-state index contributed by atoms with van der Waals surface area (Å²) in [6.07, 6.45) is 1.59. The lowest BCUT2D eigenvalue weighted by atomic mass is 10.1. The van der Waals surface area contributed by atoms with Gasteiger partial charge in [0.05, 0.1) is 19.3 Å². The summed E-state index contributed by atoms with van der Waals surface area (Å²) in [6, 6.07) is 9.79. The molecule has 0 bridgehead atoms. The Labute approximate surface area is 141 Å². The number of aromatic nitrogens is 3. The first kappa shape index (κ1) is 17.7. The van der Waals surface area contributed by atoms with Gasteiger partial charge < -0.3 is 10.2 Å². The van der Waals surface area contributed by atoms with Gasteiger partial charge in [-0.2, -0.15) is 0 Å². The first-order valence-electron chi connectivity index (χ1n) is 7.75. The van der Waals surface area contributed by atoms with E-state index in [4.69, 9.17) is 0 Å². The fourth-order valence-corrected chi connectivity index (χ4v) is 2.18. The van der Waals surface area contributed by atoms with Crippen molar-refractivity contribution in [3.63, 3.8) is 0 Å². The lowest BCUT2D eigenvalue weighted by Crippen LogP contribution is -2.46. The quantitative estimate of drug-likeness (QED) is 0.897. The van der Waals surface area contributed by atoms with Crippen LogP contribution in [0.25, 0.3) is 0 Å². The van der Waals surface area contributed by atoms with Crippen molar-refractivity contribution in [2.45, 2.75) is 32.9 Å². The van der Waals surface area contributed by atoms with E-state index in [2.05, 4.69) is 15.6 Å². The third-order valence-corrected chi connectivity index (χ3v) is 3.19. The Morgan fingerprint density at radius 2 is 1.88 bits per heavy atom. The zero-order chi connectivity index (χ0) is 17.7. The Hall–Kier alpha value is -2.70. The topological polar surface area (TPSA) is 80.1 Å². The number of likely N-dealkylation sites (N-methyl/N-ethyl adjacent to an activating group) is 1. The monoisotopic (exact) mass is 329 g/mol. The second-order valence-corrected chi connectivity index (χ2v) is 6.75. The number of carbonyl (C=O) groups excluding carboxylic acids is 2. The maximum absolute atomic E-state index is 12.3. The third kappa shape index (κ3) is 5.19. The van der Waals surface area contributed by atoms with Crippen molar-refractivity contribution in [2.75, 3.05) is 13.6 Å². The average molecular weight is 329 g/mol. The van der Waals surface area contributed by atoms with E-state index in [9.17, 15) is 9.59 Å². The summed E-state index contributed by atoms with van der Waals surface area (Å²) < 4.78 is 1.60. The Kier molecular flexibility index (Phi) is 5.33. The van der Waals surface area contributed by atoms with Crippen molar-refractivity contribution in [1.82, 2.24) is 25.2 Å². The molecule has 7 heteroatoms. The van der Waals surface area contributed by atoms with E-state index in [1.54, 1.807) is 17.9 Å². The van der Waals surface area contributed by atoms with E-state index in [1.165, 1.54) is 4.90 Å². The van der Waals surface area contributed by atoms with Crippen LogP contribution in [-0.2, 0) is 11.3 Å². The summed E-state index contributed by atoms with van der Waals surface area (Å²) in [5.74, 6) is -0.548. The molecule has 1 aromatic heterocycles. The summed E-state index contributed by atoms with van der Waals surface area (Å²) >= 11 is 0. The minimum absolute atomic E-state index is 0.0261. The molecule has 0 aliphatic rings. The van der Waals surface area contributed by atoms with Crippen molar-refractivity contribution in [3.8, 4) is 0 Å². The first-order valence-corrected chi connectivity index (χ1v) is 7.75. The highest BCUT2D eigenvalue weighted by molar-refractivity contribution is 5.94. The molecule has 1 heterocycles. The van der Waals surface area contributed by atoms with Gasteiger partial charge >= 0.3 is 0 Å². The summed E-state index contributed by atoms with van der Waals surface area (Å²) in [4.78, 5) is 25.6. The molecule has 0 aliphatic heterocycles. The maximum atomic E-state index is 12.3. The smallest absolute Gasteiger partial charge is 0.276 e. The standard InChI is InChI=1S/C17H23N5O2/c1-17(2,3)18-15(23)12-21(4)16(24)14-11-22(20-19-14)10-13-8-6-5-7-9-13/h5-9,11H,10,12H2,1-4H3,(H,18,23). The van der Waals surface area contributed by atoms with Crippen molar-refractivity contribution in [3.05, 3.63) is 47.8 Å². The van der Waals surface area contributed by atoms with Crippen molar-refractivity contribution in [1.29, 1.82) is 0 Å². The number of rotatable bonds is 5. The van der Waals surface area contributed by atoms with Gasteiger partial charge in [0.2, 0.25) is 5.91 Å². The first-order chi connectivity index (χ1) is 11.2. The molecule has 2 rings (SSSR count). The molecule has 128 valence electrons. The average Bonchev–Trinajstić information content (AvgIpc) is 2.93. The van der Waals surface area contributed by atoms with Gasteiger partial charge in [-0.3, -0.25) is 9.59 Å². The molecule has 1 N–H and O–H groups in total. The van der Waals surface area contributed by atoms with E-state index in [1.807, 2.05) is 51.1 Å². The molecule has 7 nitrogen and oxygen atoms in total. The molecule has 0 spiro atoms. The minimum Gasteiger partial charge on any atom is -0.350 e. The van der Waals surface area contributed by atoms with Crippen LogP contribution in [0.3, 0.4) is 0 Å². The zero-order valence-electron chi connectivity index (χ0n) is 14.5. The highest BCUT2D eigenvalue weighted by atomic mass is 16.2. The van der Waals surface area contributed by atoms with Gasteiger partial charge in [-0.25, -0.2) is 4.68 Å². The Morgan fingerprint density at radius 3 is 2.50 bits per heavy atom. The third-order valence-electron chi connectivity index (χ3n) is 3.19. The molecule has 0 saturated heterocycles. The number of hydrogen-bond donors (Lipinski definition) is 1. The highest BCUT2D eigenvalue weighted by Crippen LogP contribution is 2.04. The fourth-order valence-electron chi connectivity index (χ4n) is 2.18. The molecular weight excluding hydrogens is 306 g/mol. The van der Waals surface area contributed by atoms with Gasteiger partial charge in [-0.05, 0) is 26.3 Å². The SMILES string of the molecule is CN(CC(=O)NC(C)(C)C)C(=O)c1cn(Cc2ccccc2)nn1. The van der Waals surface area contributed by atoms with Crippen LogP contribution in [0.15, 0.2) is 36.5 Å². The molecule has 0 atom stereocenters. The maximum Gasteiger partial charge on any atom is 0.276 e. The molecule has 2 aromatic rings. The molecule has 0 fully saturated rings. The van der Waals surface area contributed by atoms with Gasteiger partial charge in [0.1, 0.15) is 0 Å². The van der Waals surface area contributed by atoms with Crippen LogP contribution >= 0.6 is 0 Å². The molecule has 1 aromatic carbocycles. The van der Waals surface area contributed by atoms with Gasteiger partial charge in [-0.15, -0.1) is 5.10 Å². The van der Waals surface area contributed by atoms with E-state index >= 15 is 0 Å². The van der Waals surface area contributed by atoms with E-state index < -0.39 is 0 Å². The second-order valence-electron chi connectivity index (χ2n) is 6.75. The summed E-state index contributed by atoms with van der Waals surface area (Å²) in [5.41, 5.74) is 0.955. The lowest BCUT2D eigenvalue weighted by Gasteiger charge is -2.23. The van der Waals surface area contributed by atoms with Crippen LogP contribution in [0.1, 0.15) is 36.8 Å². The number of amides is 2. The van der Waals surface area contributed by atoms with Crippen molar-refractivity contribution < 1.29 is 9.59 Å². The number of hydrogen-bond acceptors (Lipinski definition) is 4. The number of nitrogens with one attached hydrogen (secondary N) is 1. The second kappa shape index (κ2) is 7.25. The summed E-state index contributed by atoms with van der Waals surface area (Å²) in [5, 5.41) is 10.7. The van der Waals surface area contributed by atoms with Gasteiger partial charge in [0, 0.05) is 12.6 Å². The molecule has 0 radical (unpaired) electrons. The lowest BCUT2D eigenvalue weighted by molar-refractivity contribution is -0.122. The predicted octanol–water partition coefficient (Wildman–Crippen LogP) is 1.31. The van der Waals surface area contributed by atoms with Crippen LogP contribution in [-0.4, -0.2) is 50.8 Å². The summed E-state index contributed by atoms with van der Waals surface area (Å²) in [7, 11) is 1.57. The molecule has 0 saturated carbocycles. The molecule has 2 amide bonds. The molecular formula is C17H23N5O2. The predicted molar refractivity (Wildman–Crippen MR) is 90.4 cm³/mol. The normalized spacial score (nSPS) is 11.2. The number of nitrogens with zero attached hydrogens (tertiary/aromatic N) is 4.